The predicted molar refractivity (Wildman–Crippen MR) is 103 cm³/mol. The van der Waals surface area contributed by atoms with Gasteiger partial charge in [0.15, 0.2) is 6.61 Å². The van der Waals surface area contributed by atoms with Crippen LogP contribution in [0.5, 0.6) is 5.75 Å². The van der Waals surface area contributed by atoms with Gasteiger partial charge in [0.1, 0.15) is 11.8 Å². The Morgan fingerprint density at radius 1 is 1.32 bits per heavy atom. The van der Waals surface area contributed by atoms with E-state index < -0.39 is 0 Å². The highest BCUT2D eigenvalue weighted by molar-refractivity contribution is 9.10. The molecule has 0 amide bonds. The number of ether oxygens (including phenoxy) is 1. The van der Waals surface area contributed by atoms with Gasteiger partial charge in [-0.25, -0.2) is 0 Å². The van der Waals surface area contributed by atoms with Crippen LogP contribution in [0.15, 0.2) is 53.1 Å². The van der Waals surface area contributed by atoms with Crippen molar-refractivity contribution in [2.75, 3.05) is 17.7 Å². The molecule has 3 aromatic rings. The zero-order valence-corrected chi connectivity index (χ0v) is 15.2. The fraction of sp³-hybridized carbons (Fsp3) is 0.158. The Balaban J connectivity index is 2.04. The highest BCUT2D eigenvalue weighted by Gasteiger charge is 2.14. The number of rotatable bonds is 5. The molecule has 0 fully saturated rings. The van der Waals surface area contributed by atoms with Crippen LogP contribution >= 0.6 is 15.9 Å². The van der Waals surface area contributed by atoms with E-state index in [0.29, 0.717) is 11.4 Å². The zero-order valence-electron chi connectivity index (χ0n) is 13.7. The summed E-state index contributed by atoms with van der Waals surface area (Å²) in [5, 5.41) is 13.1. The van der Waals surface area contributed by atoms with E-state index >= 15 is 0 Å². The van der Waals surface area contributed by atoms with Crippen LogP contribution in [0.2, 0.25) is 0 Å². The molecule has 126 valence electrons. The van der Waals surface area contributed by atoms with Gasteiger partial charge in [-0.15, -0.1) is 0 Å². The molecule has 2 aromatic carbocycles. The van der Waals surface area contributed by atoms with Gasteiger partial charge in [-0.3, -0.25) is 4.98 Å². The molecular weight excluding hydrogens is 380 g/mol. The average Bonchev–Trinajstić information content (AvgIpc) is 2.63. The maximum absolute atomic E-state index is 8.74. The van der Waals surface area contributed by atoms with E-state index in [1.807, 2.05) is 36.4 Å². The lowest BCUT2D eigenvalue weighted by atomic mass is 10.1. The number of nitrogens with two attached hydrogens (primary N) is 1. The van der Waals surface area contributed by atoms with Crippen LogP contribution in [-0.4, -0.2) is 11.6 Å². The standard InChI is InChI=1S/C19H17BrN4O/c1-12(13-5-3-2-4-6-13)24-19-14-9-18(25-8-7-21)15(20)10-17(14)23-11-16(19)22/h2-6,9-12H,8,22H2,1H3,(H,23,24). The largest absolute Gasteiger partial charge is 0.478 e. The molecule has 1 unspecified atom stereocenters. The van der Waals surface area contributed by atoms with E-state index in [4.69, 9.17) is 15.7 Å². The second-order valence-corrected chi connectivity index (χ2v) is 6.47. The number of hydrogen-bond donors (Lipinski definition) is 2. The summed E-state index contributed by atoms with van der Waals surface area (Å²) in [6.45, 7) is 2.05. The number of nitrogen functional groups attached to an aromatic ring is 1. The molecule has 0 aliphatic heterocycles. The Hall–Kier alpha value is -2.78. The smallest absolute Gasteiger partial charge is 0.174 e. The SMILES string of the molecule is CC(Nc1c(N)cnc2cc(Br)c(OCC#N)cc12)c1ccccc1. The van der Waals surface area contributed by atoms with Gasteiger partial charge >= 0.3 is 0 Å². The number of aromatic nitrogens is 1. The highest BCUT2D eigenvalue weighted by Crippen LogP contribution is 2.37. The maximum Gasteiger partial charge on any atom is 0.174 e. The van der Waals surface area contributed by atoms with Crippen LogP contribution in [0.25, 0.3) is 10.9 Å². The van der Waals surface area contributed by atoms with Gasteiger partial charge in [-0.1, -0.05) is 30.3 Å². The summed E-state index contributed by atoms with van der Waals surface area (Å²) < 4.78 is 6.22. The molecule has 5 nitrogen and oxygen atoms in total. The number of halogens is 1. The van der Waals surface area contributed by atoms with Gasteiger partial charge in [0.2, 0.25) is 0 Å². The van der Waals surface area contributed by atoms with Crippen molar-refractivity contribution in [2.24, 2.45) is 0 Å². The number of anilines is 2. The fourth-order valence-corrected chi connectivity index (χ4v) is 3.08. The van der Waals surface area contributed by atoms with Crippen molar-refractivity contribution in [3.8, 4) is 11.8 Å². The van der Waals surface area contributed by atoms with E-state index in [-0.39, 0.29) is 12.6 Å². The summed E-state index contributed by atoms with van der Waals surface area (Å²) in [6, 6.07) is 15.9. The van der Waals surface area contributed by atoms with Crippen LogP contribution in [-0.2, 0) is 0 Å². The lowest BCUT2D eigenvalue weighted by molar-refractivity contribution is 0.366. The Labute approximate surface area is 154 Å². The molecule has 0 radical (unpaired) electrons. The third kappa shape index (κ3) is 3.67. The molecular formula is C19H17BrN4O. The monoisotopic (exact) mass is 396 g/mol. The molecule has 0 saturated heterocycles. The van der Waals surface area contributed by atoms with Gasteiger partial charge in [0.05, 0.1) is 27.6 Å². The lowest BCUT2D eigenvalue weighted by Gasteiger charge is -2.19. The second-order valence-electron chi connectivity index (χ2n) is 5.61. The summed E-state index contributed by atoms with van der Waals surface area (Å²) >= 11 is 3.45. The van der Waals surface area contributed by atoms with Crippen molar-refractivity contribution < 1.29 is 4.74 Å². The molecule has 3 N–H and O–H groups in total. The number of benzene rings is 2. The predicted octanol–water partition coefficient (Wildman–Crippen LogP) is 4.65. The first kappa shape index (κ1) is 17.1. The van der Waals surface area contributed by atoms with Gasteiger partial charge in [0.25, 0.3) is 0 Å². The number of hydrogen-bond acceptors (Lipinski definition) is 5. The summed E-state index contributed by atoms with van der Waals surface area (Å²) in [6.07, 6.45) is 1.64. The molecule has 1 aromatic heterocycles. The van der Waals surface area contributed by atoms with Crippen molar-refractivity contribution in [3.63, 3.8) is 0 Å². The second kappa shape index (κ2) is 7.41. The minimum atomic E-state index is -0.0248. The Bertz CT molecular complexity index is 938. The fourth-order valence-electron chi connectivity index (χ4n) is 2.63. The summed E-state index contributed by atoms with van der Waals surface area (Å²) in [5.74, 6) is 0.580. The van der Waals surface area contributed by atoms with E-state index in [1.165, 1.54) is 0 Å². The first-order chi connectivity index (χ1) is 12.1. The normalized spacial score (nSPS) is 11.7. The van der Waals surface area contributed by atoms with Crippen LogP contribution in [0, 0.1) is 11.3 Å². The minimum Gasteiger partial charge on any atom is -0.478 e. The van der Waals surface area contributed by atoms with Crippen LogP contribution in [0.1, 0.15) is 18.5 Å². The van der Waals surface area contributed by atoms with Gasteiger partial charge in [-0.2, -0.15) is 5.26 Å². The molecule has 1 atom stereocenters. The third-order valence-electron chi connectivity index (χ3n) is 3.90. The lowest BCUT2D eigenvalue weighted by Crippen LogP contribution is -2.09. The first-order valence-electron chi connectivity index (χ1n) is 7.79. The van der Waals surface area contributed by atoms with Gasteiger partial charge in [-0.05, 0) is 40.5 Å². The van der Waals surface area contributed by atoms with Crippen molar-refractivity contribution >= 4 is 38.2 Å². The molecule has 0 spiro atoms. The summed E-state index contributed by atoms with van der Waals surface area (Å²) in [5.41, 5.74) is 9.47. The van der Waals surface area contributed by atoms with Crippen molar-refractivity contribution in [1.82, 2.24) is 4.98 Å². The Kier molecular flexibility index (Phi) is 5.05. The molecule has 0 aliphatic rings. The molecule has 1 heterocycles. The topological polar surface area (TPSA) is 84.0 Å². The molecule has 0 aliphatic carbocycles. The maximum atomic E-state index is 8.74. The molecule has 3 rings (SSSR count). The van der Waals surface area contributed by atoms with Gasteiger partial charge in [0, 0.05) is 11.4 Å². The first-order valence-corrected chi connectivity index (χ1v) is 8.58. The quantitative estimate of drug-likeness (QED) is 0.655. The molecule has 6 heteroatoms. The summed E-state index contributed by atoms with van der Waals surface area (Å²) in [7, 11) is 0. The van der Waals surface area contributed by atoms with Crippen LogP contribution in [0.4, 0.5) is 11.4 Å². The zero-order chi connectivity index (χ0) is 17.8. The number of nitrogens with zero attached hydrogens (tertiary/aromatic N) is 2. The number of fused-ring (bicyclic) bond motifs is 1. The Morgan fingerprint density at radius 3 is 2.80 bits per heavy atom. The minimum absolute atomic E-state index is 0.0248. The third-order valence-corrected chi connectivity index (χ3v) is 4.52. The number of nitriles is 1. The number of nitrogens with one attached hydrogen (secondary N) is 1. The van der Waals surface area contributed by atoms with Crippen LogP contribution < -0.4 is 15.8 Å². The van der Waals surface area contributed by atoms with E-state index in [0.717, 1.165) is 26.6 Å². The Morgan fingerprint density at radius 2 is 2.08 bits per heavy atom. The number of pyridine rings is 1. The van der Waals surface area contributed by atoms with Crippen molar-refractivity contribution in [2.45, 2.75) is 13.0 Å². The highest BCUT2D eigenvalue weighted by atomic mass is 79.9. The van der Waals surface area contributed by atoms with Crippen molar-refractivity contribution in [3.05, 3.63) is 58.7 Å². The van der Waals surface area contributed by atoms with E-state index in [9.17, 15) is 0 Å². The van der Waals surface area contributed by atoms with E-state index in [1.54, 1.807) is 6.20 Å². The van der Waals surface area contributed by atoms with E-state index in [2.05, 4.69) is 45.3 Å². The molecule has 0 saturated carbocycles. The molecule has 25 heavy (non-hydrogen) atoms. The molecule has 0 bridgehead atoms. The van der Waals surface area contributed by atoms with Gasteiger partial charge < -0.3 is 15.8 Å². The van der Waals surface area contributed by atoms with Crippen LogP contribution in [0.3, 0.4) is 0 Å². The average molecular weight is 397 g/mol. The summed E-state index contributed by atoms with van der Waals surface area (Å²) in [4.78, 5) is 4.39. The van der Waals surface area contributed by atoms with Crippen molar-refractivity contribution in [1.29, 1.82) is 5.26 Å².